The van der Waals surface area contributed by atoms with Crippen molar-refractivity contribution in [2.75, 3.05) is 11.4 Å². The van der Waals surface area contributed by atoms with Gasteiger partial charge in [0.25, 0.3) is 10.0 Å². The molecule has 1 aromatic carbocycles. The van der Waals surface area contributed by atoms with Crippen LogP contribution in [0.3, 0.4) is 0 Å². The van der Waals surface area contributed by atoms with E-state index in [4.69, 9.17) is 29.6 Å². The van der Waals surface area contributed by atoms with Crippen LogP contribution in [0.4, 0.5) is 5.69 Å². The van der Waals surface area contributed by atoms with Crippen molar-refractivity contribution in [2.45, 2.75) is 5.03 Å². The summed E-state index contributed by atoms with van der Waals surface area (Å²) in [6, 6.07) is 6.72. The molecule has 2 N–H and O–H groups in total. The molecule has 0 spiro atoms. The summed E-state index contributed by atoms with van der Waals surface area (Å²) >= 11 is 10.9. The first kappa shape index (κ1) is 15.7. The van der Waals surface area contributed by atoms with Crippen LogP contribution in [0.15, 0.2) is 35.5 Å². The molecule has 0 atom stereocenters. The molecule has 0 amide bonds. The Hall–Kier alpha value is -1.64. The first-order valence-electron chi connectivity index (χ1n) is 5.82. The summed E-state index contributed by atoms with van der Waals surface area (Å²) < 4.78 is 27.7. The SMILES string of the molecule is CN(c1ccccc1C(N)=S)S(=O)(=O)c1c(Cl)cnn1C. The molecule has 0 fully saturated rings. The van der Waals surface area contributed by atoms with Crippen LogP contribution in [0.5, 0.6) is 0 Å². The number of sulfonamides is 1. The zero-order valence-electron chi connectivity index (χ0n) is 11.3. The van der Waals surface area contributed by atoms with Crippen LogP contribution in [0.1, 0.15) is 5.56 Å². The number of nitrogens with zero attached hydrogens (tertiary/aromatic N) is 3. The van der Waals surface area contributed by atoms with Crippen molar-refractivity contribution in [3.63, 3.8) is 0 Å². The summed E-state index contributed by atoms with van der Waals surface area (Å²) in [5.41, 5.74) is 6.49. The zero-order valence-corrected chi connectivity index (χ0v) is 13.7. The summed E-state index contributed by atoms with van der Waals surface area (Å²) in [5, 5.41) is 3.80. The van der Waals surface area contributed by atoms with E-state index in [1.807, 2.05) is 0 Å². The van der Waals surface area contributed by atoms with E-state index in [2.05, 4.69) is 5.10 Å². The summed E-state index contributed by atoms with van der Waals surface area (Å²) in [6.07, 6.45) is 1.28. The molecule has 0 aliphatic carbocycles. The van der Waals surface area contributed by atoms with E-state index in [9.17, 15) is 8.42 Å². The van der Waals surface area contributed by atoms with Crippen LogP contribution in [0.2, 0.25) is 5.02 Å². The average molecular weight is 345 g/mol. The van der Waals surface area contributed by atoms with Gasteiger partial charge in [-0.05, 0) is 12.1 Å². The molecule has 0 saturated carbocycles. The predicted octanol–water partition coefficient (Wildman–Crippen LogP) is 1.53. The number of rotatable bonds is 4. The van der Waals surface area contributed by atoms with E-state index < -0.39 is 10.0 Å². The van der Waals surface area contributed by atoms with Gasteiger partial charge in [0.2, 0.25) is 0 Å². The number of para-hydroxylation sites is 1. The minimum Gasteiger partial charge on any atom is -0.389 e. The summed E-state index contributed by atoms with van der Waals surface area (Å²) in [7, 11) is -0.961. The number of aryl methyl sites for hydroxylation is 1. The van der Waals surface area contributed by atoms with Crippen LogP contribution < -0.4 is 10.0 Å². The third kappa shape index (κ3) is 2.74. The summed E-state index contributed by atoms with van der Waals surface area (Å²) in [5.74, 6) is 0. The second-order valence-electron chi connectivity index (χ2n) is 4.28. The van der Waals surface area contributed by atoms with E-state index in [1.165, 1.54) is 25.0 Å². The lowest BCUT2D eigenvalue weighted by molar-refractivity contribution is 0.575. The fraction of sp³-hybridized carbons (Fsp3) is 0.167. The lowest BCUT2D eigenvalue weighted by atomic mass is 10.2. The Morgan fingerprint density at radius 2 is 2.05 bits per heavy atom. The maximum absolute atomic E-state index is 12.7. The van der Waals surface area contributed by atoms with Crippen molar-refractivity contribution in [3.05, 3.63) is 41.0 Å². The minimum atomic E-state index is -3.88. The van der Waals surface area contributed by atoms with Crippen LogP contribution in [0.25, 0.3) is 0 Å². The van der Waals surface area contributed by atoms with Crippen molar-refractivity contribution in [2.24, 2.45) is 12.8 Å². The molecule has 2 rings (SSSR count). The highest BCUT2D eigenvalue weighted by molar-refractivity contribution is 7.92. The van der Waals surface area contributed by atoms with Gasteiger partial charge < -0.3 is 5.73 Å². The van der Waals surface area contributed by atoms with E-state index in [0.29, 0.717) is 11.3 Å². The quantitative estimate of drug-likeness (QED) is 0.851. The number of thiocarbonyl (C=S) groups is 1. The second kappa shape index (κ2) is 5.63. The second-order valence-corrected chi connectivity index (χ2v) is 7.01. The molecule has 9 heteroatoms. The largest absolute Gasteiger partial charge is 0.389 e. The molecule has 112 valence electrons. The fourth-order valence-corrected chi connectivity index (χ4v) is 3.89. The average Bonchev–Trinajstić information content (AvgIpc) is 2.77. The Bertz CT molecular complexity index is 782. The maximum Gasteiger partial charge on any atom is 0.282 e. The van der Waals surface area contributed by atoms with Crippen LogP contribution in [-0.2, 0) is 17.1 Å². The third-order valence-electron chi connectivity index (χ3n) is 2.96. The normalized spacial score (nSPS) is 11.4. The molecule has 0 saturated heterocycles. The minimum absolute atomic E-state index is 0.0529. The Morgan fingerprint density at radius 3 is 2.57 bits per heavy atom. The van der Waals surface area contributed by atoms with Crippen molar-refractivity contribution >= 4 is 44.5 Å². The van der Waals surface area contributed by atoms with Crippen LogP contribution >= 0.6 is 23.8 Å². The molecule has 0 unspecified atom stereocenters. The molecule has 6 nitrogen and oxygen atoms in total. The van der Waals surface area contributed by atoms with Gasteiger partial charge in [-0.15, -0.1) is 0 Å². The Balaban J connectivity index is 2.60. The van der Waals surface area contributed by atoms with Crippen molar-refractivity contribution < 1.29 is 8.42 Å². The molecule has 0 aliphatic heterocycles. The van der Waals surface area contributed by atoms with Gasteiger partial charge in [-0.2, -0.15) is 13.5 Å². The zero-order chi connectivity index (χ0) is 15.8. The molecular weight excluding hydrogens is 332 g/mol. The van der Waals surface area contributed by atoms with E-state index in [-0.39, 0.29) is 15.0 Å². The van der Waals surface area contributed by atoms with E-state index in [0.717, 1.165) is 4.31 Å². The predicted molar refractivity (Wildman–Crippen MR) is 86.1 cm³/mol. The van der Waals surface area contributed by atoms with Gasteiger partial charge in [0.1, 0.15) is 4.99 Å². The lowest BCUT2D eigenvalue weighted by Gasteiger charge is -2.22. The van der Waals surface area contributed by atoms with Crippen molar-refractivity contribution in [3.8, 4) is 0 Å². The number of nitrogens with two attached hydrogens (primary N) is 1. The first-order chi connectivity index (χ1) is 9.76. The molecule has 1 heterocycles. The highest BCUT2D eigenvalue weighted by Gasteiger charge is 2.29. The van der Waals surface area contributed by atoms with Crippen molar-refractivity contribution in [1.29, 1.82) is 0 Å². The Labute approximate surface area is 133 Å². The van der Waals surface area contributed by atoms with Gasteiger partial charge in [-0.3, -0.25) is 8.99 Å². The number of halogens is 1. The van der Waals surface area contributed by atoms with E-state index in [1.54, 1.807) is 24.3 Å². The Morgan fingerprint density at radius 1 is 1.43 bits per heavy atom. The van der Waals surface area contributed by atoms with E-state index >= 15 is 0 Å². The van der Waals surface area contributed by atoms with Crippen molar-refractivity contribution in [1.82, 2.24) is 9.78 Å². The van der Waals surface area contributed by atoms with Gasteiger partial charge >= 0.3 is 0 Å². The topological polar surface area (TPSA) is 81.2 Å². The van der Waals surface area contributed by atoms with Crippen LogP contribution in [0, 0.1) is 0 Å². The number of anilines is 1. The molecule has 0 bridgehead atoms. The van der Waals surface area contributed by atoms with Gasteiger partial charge in [-0.1, -0.05) is 36.0 Å². The molecule has 0 radical (unpaired) electrons. The molecule has 2 aromatic rings. The Kier molecular flexibility index (Phi) is 4.22. The van der Waals surface area contributed by atoms with Gasteiger partial charge in [0.15, 0.2) is 5.03 Å². The number of hydrogen-bond donors (Lipinski definition) is 1. The standard InChI is InChI=1S/C12H13ClN4O2S2/c1-16-12(9(13)7-15-16)21(18,19)17(2)10-6-4-3-5-8(10)11(14)20/h3-7H,1-2H3,(H2,14,20). The lowest BCUT2D eigenvalue weighted by Crippen LogP contribution is -2.30. The summed E-state index contributed by atoms with van der Waals surface area (Å²) in [4.78, 5) is 0.115. The molecule has 21 heavy (non-hydrogen) atoms. The number of hydrogen-bond acceptors (Lipinski definition) is 4. The third-order valence-corrected chi connectivity index (χ3v) is 5.46. The maximum atomic E-state index is 12.7. The monoisotopic (exact) mass is 344 g/mol. The highest BCUT2D eigenvalue weighted by atomic mass is 35.5. The molecule has 1 aromatic heterocycles. The molecule has 0 aliphatic rings. The summed E-state index contributed by atoms with van der Waals surface area (Å²) in [6.45, 7) is 0. The smallest absolute Gasteiger partial charge is 0.282 e. The fourth-order valence-electron chi connectivity index (χ4n) is 1.91. The highest BCUT2D eigenvalue weighted by Crippen LogP contribution is 2.28. The molecular formula is C12H13ClN4O2S2. The van der Waals surface area contributed by atoms with Gasteiger partial charge in [0, 0.05) is 19.7 Å². The number of benzene rings is 1. The number of aromatic nitrogens is 2. The van der Waals surface area contributed by atoms with Crippen LogP contribution in [-0.4, -0.2) is 30.2 Å². The first-order valence-corrected chi connectivity index (χ1v) is 8.04. The van der Waals surface area contributed by atoms with Gasteiger partial charge in [-0.25, -0.2) is 0 Å². The van der Waals surface area contributed by atoms with Gasteiger partial charge in [0.05, 0.1) is 16.9 Å².